The van der Waals surface area contributed by atoms with Crippen molar-refractivity contribution in [3.63, 3.8) is 0 Å². The van der Waals surface area contributed by atoms with E-state index in [0.29, 0.717) is 32.4 Å². The third-order valence-corrected chi connectivity index (χ3v) is 4.01. The maximum atomic E-state index is 11.4. The Kier molecular flexibility index (Phi) is 4.73. The molecule has 1 amide bonds. The lowest BCUT2D eigenvalue weighted by Crippen LogP contribution is -2.41. The van der Waals surface area contributed by atoms with Gasteiger partial charge >= 0.3 is 0 Å². The van der Waals surface area contributed by atoms with Crippen LogP contribution < -0.4 is 0 Å². The molecule has 1 rings (SSSR count). The van der Waals surface area contributed by atoms with Gasteiger partial charge in [-0.05, 0) is 19.8 Å². The molecule has 0 unspecified atom stereocenters. The Morgan fingerprint density at radius 1 is 1.31 bits per heavy atom. The highest BCUT2D eigenvalue weighted by Gasteiger charge is 2.25. The van der Waals surface area contributed by atoms with E-state index in [9.17, 15) is 13.2 Å². The van der Waals surface area contributed by atoms with Crippen LogP contribution in [0, 0.1) is 0 Å². The van der Waals surface area contributed by atoms with Crippen molar-refractivity contribution < 1.29 is 17.4 Å². The van der Waals surface area contributed by atoms with E-state index in [2.05, 4.69) is 0 Å². The SMILES string of the molecule is CCC(=O)N1CCC(OS(=O)(=O)CC)CC1. The van der Waals surface area contributed by atoms with E-state index in [1.54, 1.807) is 11.8 Å². The first-order valence-electron chi connectivity index (χ1n) is 5.67. The molecule has 0 aromatic heterocycles. The van der Waals surface area contributed by atoms with Gasteiger partial charge in [0.15, 0.2) is 0 Å². The third-order valence-electron chi connectivity index (χ3n) is 2.73. The van der Waals surface area contributed by atoms with Gasteiger partial charge in [0.25, 0.3) is 10.1 Å². The molecule has 0 radical (unpaired) electrons. The molecule has 6 heteroatoms. The Morgan fingerprint density at radius 2 is 1.88 bits per heavy atom. The number of carbonyl (C=O) groups excluding carboxylic acids is 1. The Hall–Kier alpha value is -0.620. The van der Waals surface area contributed by atoms with Gasteiger partial charge in [0.05, 0.1) is 11.9 Å². The number of piperidine rings is 1. The zero-order chi connectivity index (χ0) is 12.2. The summed E-state index contributed by atoms with van der Waals surface area (Å²) >= 11 is 0. The summed E-state index contributed by atoms with van der Waals surface area (Å²) in [5.74, 6) is 0.123. The molecule has 0 aromatic rings. The first-order chi connectivity index (χ1) is 7.48. The highest BCUT2D eigenvalue weighted by atomic mass is 32.2. The lowest BCUT2D eigenvalue weighted by Gasteiger charge is -2.31. The molecule has 0 N–H and O–H groups in total. The number of rotatable bonds is 4. The predicted octanol–water partition coefficient (Wildman–Crippen LogP) is 0.754. The van der Waals surface area contributed by atoms with Crippen molar-refractivity contribution in [2.75, 3.05) is 18.8 Å². The molecule has 0 aliphatic carbocycles. The van der Waals surface area contributed by atoms with Gasteiger partial charge in [0, 0.05) is 19.5 Å². The number of nitrogens with zero attached hydrogens (tertiary/aromatic N) is 1. The van der Waals surface area contributed by atoms with Gasteiger partial charge in [0.1, 0.15) is 0 Å². The summed E-state index contributed by atoms with van der Waals surface area (Å²) < 4.78 is 27.5. The summed E-state index contributed by atoms with van der Waals surface area (Å²) in [4.78, 5) is 13.1. The van der Waals surface area contributed by atoms with Crippen molar-refractivity contribution in [2.45, 2.75) is 39.2 Å². The highest BCUT2D eigenvalue weighted by molar-refractivity contribution is 7.86. The quantitative estimate of drug-likeness (QED) is 0.690. The molecule has 0 saturated carbocycles. The van der Waals surface area contributed by atoms with Gasteiger partial charge in [-0.25, -0.2) is 0 Å². The molecule has 0 spiro atoms. The number of likely N-dealkylation sites (tertiary alicyclic amines) is 1. The van der Waals surface area contributed by atoms with Crippen LogP contribution in [0.15, 0.2) is 0 Å². The molecular weight excluding hydrogens is 230 g/mol. The van der Waals surface area contributed by atoms with Crippen molar-refractivity contribution in [3.05, 3.63) is 0 Å². The molecule has 1 fully saturated rings. The number of hydrogen-bond donors (Lipinski definition) is 0. The van der Waals surface area contributed by atoms with E-state index in [0.717, 1.165) is 0 Å². The van der Waals surface area contributed by atoms with Gasteiger partial charge < -0.3 is 4.90 Å². The van der Waals surface area contributed by atoms with E-state index in [4.69, 9.17) is 4.18 Å². The van der Waals surface area contributed by atoms with Crippen LogP contribution in [0.1, 0.15) is 33.1 Å². The summed E-state index contributed by atoms with van der Waals surface area (Å²) in [5.41, 5.74) is 0. The second-order valence-corrected chi connectivity index (χ2v) is 5.76. The van der Waals surface area contributed by atoms with E-state index in [-0.39, 0.29) is 17.8 Å². The van der Waals surface area contributed by atoms with Crippen molar-refractivity contribution in [3.8, 4) is 0 Å². The maximum Gasteiger partial charge on any atom is 0.267 e. The predicted molar refractivity (Wildman–Crippen MR) is 60.4 cm³/mol. The fourth-order valence-electron chi connectivity index (χ4n) is 1.70. The first kappa shape index (κ1) is 13.4. The Balaban J connectivity index is 2.41. The molecule has 1 aliphatic heterocycles. The minimum absolute atomic E-state index is 0.00110. The standard InChI is InChI=1S/C10H19NO4S/c1-3-10(12)11-7-5-9(6-8-11)15-16(13,14)4-2/h9H,3-8H2,1-2H3. The molecule has 1 saturated heterocycles. The molecule has 5 nitrogen and oxygen atoms in total. The minimum Gasteiger partial charge on any atom is -0.343 e. The van der Waals surface area contributed by atoms with Crippen LogP contribution in [0.2, 0.25) is 0 Å². The van der Waals surface area contributed by atoms with Crippen LogP contribution in [0.4, 0.5) is 0 Å². The van der Waals surface area contributed by atoms with Gasteiger partial charge in [-0.1, -0.05) is 6.92 Å². The Labute approximate surface area is 96.9 Å². The van der Waals surface area contributed by atoms with E-state index < -0.39 is 10.1 Å². The molecule has 0 atom stereocenters. The van der Waals surface area contributed by atoms with Crippen LogP contribution in [0.3, 0.4) is 0 Å². The highest BCUT2D eigenvalue weighted by Crippen LogP contribution is 2.16. The summed E-state index contributed by atoms with van der Waals surface area (Å²) in [5, 5.41) is 0. The van der Waals surface area contributed by atoms with E-state index >= 15 is 0 Å². The fraction of sp³-hybridized carbons (Fsp3) is 0.900. The summed E-state index contributed by atoms with van der Waals surface area (Å²) in [7, 11) is -3.37. The van der Waals surface area contributed by atoms with E-state index in [1.807, 2.05) is 6.92 Å². The number of amides is 1. The normalized spacial score (nSPS) is 18.8. The van der Waals surface area contributed by atoms with Crippen LogP contribution in [-0.4, -0.2) is 44.2 Å². The zero-order valence-electron chi connectivity index (χ0n) is 9.81. The summed E-state index contributed by atoms with van der Waals surface area (Å²) in [6.45, 7) is 4.57. The second-order valence-electron chi connectivity index (χ2n) is 3.88. The summed E-state index contributed by atoms with van der Waals surface area (Å²) in [6.07, 6.45) is 1.44. The average Bonchev–Trinajstić information content (AvgIpc) is 2.28. The van der Waals surface area contributed by atoms with Crippen molar-refractivity contribution in [1.29, 1.82) is 0 Å². The molecule has 0 bridgehead atoms. The van der Waals surface area contributed by atoms with Gasteiger partial charge in [-0.15, -0.1) is 0 Å². The molecule has 1 heterocycles. The summed E-state index contributed by atoms with van der Waals surface area (Å²) in [6, 6.07) is 0. The van der Waals surface area contributed by atoms with Gasteiger partial charge in [0.2, 0.25) is 5.91 Å². The topological polar surface area (TPSA) is 63.7 Å². The monoisotopic (exact) mass is 249 g/mol. The molecule has 0 aromatic carbocycles. The third kappa shape index (κ3) is 3.75. The minimum atomic E-state index is -3.37. The molecule has 94 valence electrons. The Morgan fingerprint density at radius 3 is 2.31 bits per heavy atom. The maximum absolute atomic E-state index is 11.4. The number of carbonyl (C=O) groups is 1. The molecular formula is C10H19NO4S. The fourth-order valence-corrected chi connectivity index (χ4v) is 2.44. The van der Waals surface area contributed by atoms with Gasteiger partial charge in [-0.3, -0.25) is 8.98 Å². The van der Waals surface area contributed by atoms with E-state index in [1.165, 1.54) is 0 Å². The number of hydrogen-bond acceptors (Lipinski definition) is 4. The largest absolute Gasteiger partial charge is 0.343 e. The second kappa shape index (κ2) is 5.63. The van der Waals surface area contributed by atoms with Crippen LogP contribution >= 0.6 is 0 Å². The van der Waals surface area contributed by atoms with Crippen molar-refractivity contribution in [1.82, 2.24) is 4.90 Å². The van der Waals surface area contributed by atoms with Crippen molar-refractivity contribution in [2.24, 2.45) is 0 Å². The molecule has 1 aliphatic rings. The van der Waals surface area contributed by atoms with Gasteiger partial charge in [-0.2, -0.15) is 8.42 Å². The lowest BCUT2D eigenvalue weighted by atomic mass is 10.1. The first-order valence-corrected chi connectivity index (χ1v) is 7.25. The van der Waals surface area contributed by atoms with Crippen LogP contribution in [0.25, 0.3) is 0 Å². The molecule has 16 heavy (non-hydrogen) atoms. The van der Waals surface area contributed by atoms with Crippen LogP contribution in [0.5, 0.6) is 0 Å². The Bertz CT molecular complexity index is 331. The average molecular weight is 249 g/mol. The lowest BCUT2D eigenvalue weighted by molar-refractivity contribution is -0.132. The zero-order valence-corrected chi connectivity index (χ0v) is 10.6. The van der Waals surface area contributed by atoms with Crippen LogP contribution in [-0.2, 0) is 19.1 Å². The van der Waals surface area contributed by atoms with Crippen molar-refractivity contribution >= 4 is 16.0 Å². The smallest absolute Gasteiger partial charge is 0.267 e.